The first-order valence-electron chi connectivity index (χ1n) is 5.82. The van der Waals surface area contributed by atoms with Crippen LogP contribution in [0.25, 0.3) is 0 Å². The molecule has 1 atom stereocenters. The van der Waals surface area contributed by atoms with Gasteiger partial charge in [-0.05, 0) is 13.8 Å². The quantitative estimate of drug-likeness (QED) is 0.243. The van der Waals surface area contributed by atoms with Gasteiger partial charge in [0.05, 0.1) is 24.7 Å². The summed E-state index contributed by atoms with van der Waals surface area (Å²) in [6, 6.07) is 0. The van der Waals surface area contributed by atoms with E-state index in [0.717, 1.165) is 0 Å². The number of ether oxygens (including phenoxy) is 1. The molecule has 1 unspecified atom stereocenters. The molecular formula is C10H21O8PS. The predicted octanol–water partition coefficient (Wildman–Crippen LogP) is -0.249. The first-order chi connectivity index (χ1) is 9.08. The van der Waals surface area contributed by atoms with Gasteiger partial charge in [0.2, 0.25) is 0 Å². The van der Waals surface area contributed by atoms with Gasteiger partial charge >= 0.3 is 13.8 Å². The molecule has 0 aromatic carbocycles. The minimum atomic E-state index is -4.55. The van der Waals surface area contributed by atoms with E-state index < -0.39 is 25.3 Å². The lowest BCUT2D eigenvalue weighted by atomic mass is 9.97. The maximum Gasteiger partial charge on any atom is 0.469 e. The molecule has 0 amide bonds. The Kier molecular flexibility index (Phi) is 8.92. The van der Waals surface area contributed by atoms with Crippen LogP contribution in [0.1, 0.15) is 13.8 Å². The van der Waals surface area contributed by atoms with Crippen molar-refractivity contribution in [2.45, 2.75) is 20.0 Å². The van der Waals surface area contributed by atoms with Crippen molar-refractivity contribution >= 4 is 25.6 Å². The van der Waals surface area contributed by atoms with Crippen LogP contribution in [0.3, 0.4) is 0 Å². The van der Waals surface area contributed by atoms with Crippen LogP contribution >= 0.6 is 19.6 Å². The van der Waals surface area contributed by atoms with Gasteiger partial charge < -0.3 is 24.7 Å². The van der Waals surface area contributed by atoms with E-state index in [2.05, 4.69) is 4.52 Å². The van der Waals surface area contributed by atoms with Gasteiger partial charge in [0.15, 0.2) is 0 Å². The van der Waals surface area contributed by atoms with Gasteiger partial charge in [-0.1, -0.05) is 0 Å². The first kappa shape index (κ1) is 19.9. The molecule has 0 fully saturated rings. The summed E-state index contributed by atoms with van der Waals surface area (Å²) in [5, 5.41) is 17.8. The zero-order chi connectivity index (χ0) is 15.8. The fourth-order valence-corrected chi connectivity index (χ4v) is 2.48. The minimum Gasteiger partial charge on any atom is -0.463 e. The third kappa shape index (κ3) is 9.71. The summed E-state index contributed by atoms with van der Waals surface area (Å²) in [5.41, 5.74) is -0.817. The smallest absolute Gasteiger partial charge is 0.463 e. The summed E-state index contributed by atoms with van der Waals surface area (Å²) in [5.74, 6) is 0.148. The number of carbonyl (C=O) groups excluding carboxylic acids is 1. The lowest BCUT2D eigenvalue weighted by molar-refractivity contribution is -0.153. The Morgan fingerprint density at radius 2 is 1.95 bits per heavy atom. The zero-order valence-corrected chi connectivity index (χ0v) is 13.1. The second kappa shape index (κ2) is 8.99. The number of carbonyl (C=O) groups is 1. The molecule has 0 aliphatic heterocycles. The average molecular weight is 332 g/mol. The molecule has 0 bridgehead atoms. The monoisotopic (exact) mass is 332 g/mol. The number of hydrogen-bond donors (Lipinski definition) is 4. The molecule has 20 heavy (non-hydrogen) atoms. The van der Waals surface area contributed by atoms with Gasteiger partial charge in [-0.15, -0.1) is 0 Å². The van der Waals surface area contributed by atoms with Crippen molar-refractivity contribution in [3.8, 4) is 0 Å². The molecule has 0 saturated heterocycles. The van der Waals surface area contributed by atoms with Crippen molar-refractivity contribution in [2.75, 3.05) is 31.3 Å². The molecule has 0 saturated carbocycles. The van der Waals surface area contributed by atoms with Gasteiger partial charge in [0, 0.05) is 11.5 Å². The van der Waals surface area contributed by atoms with E-state index in [4.69, 9.17) is 24.7 Å². The third-order valence-electron chi connectivity index (χ3n) is 2.11. The van der Waals surface area contributed by atoms with E-state index in [0.29, 0.717) is 11.5 Å². The van der Waals surface area contributed by atoms with Crippen molar-refractivity contribution < 1.29 is 38.6 Å². The second-order valence-electron chi connectivity index (χ2n) is 4.70. The van der Waals surface area contributed by atoms with Crippen LogP contribution in [-0.2, 0) is 18.6 Å². The van der Waals surface area contributed by atoms with Crippen molar-refractivity contribution in [3.63, 3.8) is 0 Å². The fourth-order valence-electron chi connectivity index (χ4n) is 1.05. The molecule has 0 radical (unpaired) electrons. The molecule has 0 aromatic heterocycles. The van der Waals surface area contributed by atoms with Crippen LogP contribution in [0.15, 0.2) is 0 Å². The SMILES string of the molecule is CC(C)(CSCC(O)CO)C(=O)OCCOP(=O)(O)O. The number of phosphoric acid groups is 1. The van der Waals surface area contributed by atoms with E-state index in [-0.39, 0.29) is 19.8 Å². The molecule has 0 aliphatic carbocycles. The highest BCUT2D eigenvalue weighted by Crippen LogP contribution is 2.35. The number of esters is 1. The van der Waals surface area contributed by atoms with Crippen molar-refractivity contribution in [1.82, 2.24) is 0 Å². The maximum atomic E-state index is 11.7. The molecule has 0 spiro atoms. The third-order valence-corrected chi connectivity index (χ3v) is 4.18. The topological polar surface area (TPSA) is 134 Å². The Morgan fingerprint density at radius 3 is 2.45 bits per heavy atom. The summed E-state index contributed by atoms with van der Waals surface area (Å²) in [4.78, 5) is 28.6. The number of hydrogen-bond acceptors (Lipinski definition) is 7. The number of aliphatic hydroxyl groups is 2. The average Bonchev–Trinajstić information content (AvgIpc) is 2.32. The highest BCUT2D eigenvalue weighted by molar-refractivity contribution is 7.99. The van der Waals surface area contributed by atoms with E-state index in [1.54, 1.807) is 13.8 Å². The molecule has 0 rings (SSSR count). The highest BCUT2D eigenvalue weighted by atomic mass is 32.2. The summed E-state index contributed by atoms with van der Waals surface area (Å²) in [7, 11) is -4.55. The van der Waals surface area contributed by atoms with Gasteiger partial charge in [0.25, 0.3) is 0 Å². The summed E-state index contributed by atoms with van der Waals surface area (Å²) < 4.78 is 19.4. The first-order valence-corrected chi connectivity index (χ1v) is 8.51. The Bertz CT molecular complexity index is 342. The maximum absolute atomic E-state index is 11.7. The lowest BCUT2D eigenvalue weighted by Crippen LogP contribution is -2.31. The number of rotatable bonds is 10. The zero-order valence-electron chi connectivity index (χ0n) is 11.4. The summed E-state index contributed by atoms with van der Waals surface area (Å²) >= 11 is 1.30. The lowest BCUT2D eigenvalue weighted by Gasteiger charge is -2.22. The van der Waals surface area contributed by atoms with E-state index in [1.165, 1.54) is 11.8 Å². The molecular weight excluding hydrogens is 311 g/mol. The molecule has 120 valence electrons. The summed E-state index contributed by atoms with van der Waals surface area (Å²) in [6.45, 7) is 2.33. The predicted molar refractivity (Wildman–Crippen MR) is 73.2 cm³/mol. The van der Waals surface area contributed by atoms with E-state index in [1.807, 2.05) is 0 Å². The molecule has 4 N–H and O–H groups in total. The molecule has 10 heteroatoms. The fraction of sp³-hybridized carbons (Fsp3) is 0.900. The summed E-state index contributed by atoms with van der Waals surface area (Å²) in [6.07, 6.45) is -0.830. The Balaban J connectivity index is 3.96. The van der Waals surface area contributed by atoms with Crippen molar-refractivity contribution in [1.29, 1.82) is 0 Å². The standard InChI is InChI=1S/C10H21O8PS/c1-10(2,7-20-6-8(12)5-11)9(13)17-3-4-18-19(14,15)16/h8,11-12H,3-7H2,1-2H3,(H2,14,15,16). The van der Waals surface area contributed by atoms with Crippen LogP contribution in [0.2, 0.25) is 0 Å². The molecule has 0 aromatic rings. The van der Waals surface area contributed by atoms with Crippen molar-refractivity contribution in [3.05, 3.63) is 0 Å². The van der Waals surface area contributed by atoms with Crippen LogP contribution in [-0.4, -0.2) is 63.4 Å². The van der Waals surface area contributed by atoms with Crippen LogP contribution in [0.5, 0.6) is 0 Å². The molecule has 0 heterocycles. The van der Waals surface area contributed by atoms with Gasteiger partial charge in [-0.2, -0.15) is 11.8 Å². The Morgan fingerprint density at radius 1 is 1.35 bits per heavy atom. The van der Waals surface area contributed by atoms with Crippen LogP contribution < -0.4 is 0 Å². The molecule has 8 nitrogen and oxygen atoms in total. The highest BCUT2D eigenvalue weighted by Gasteiger charge is 2.29. The van der Waals surface area contributed by atoms with E-state index in [9.17, 15) is 9.36 Å². The van der Waals surface area contributed by atoms with Gasteiger partial charge in [0.1, 0.15) is 6.61 Å². The number of aliphatic hydroxyl groups excluding tert-OH is 2. The second-order valence-corrected chi connectivity index (χ2v) is 6.96. The number of phosphoric ester groups is 1. The largest absolute Gasteiger partial charge is 0.469 e. The Hall–Kier alpha value is -0.150. The minimum absolute atomic E-state index is 0.253. The molecule has 0 aliphatic rings. The van der Waals surface area contributed by atoms with Crippen LogP contribution in [0, 0.1) is 5.41 Å². The van der Waals surface area contributed by atoms with Crippen LogP contribution in [0.4, 0.5) is 0 Å². The van der Waals surface area contributed by atoms with Gasteiger partial charge in [-0.25, -0.2) is 4.57 Å². The van der Waals surface area contributed by atoms with Crippen molar-refractivity contribution in [2.24, 2.45) is 5.41 Å². The van der Waals surface area contributed by atoms with Gasteiger partial charge in [-0.3, -0.25) is 9.32 Å². The number of thioether (sulfide) groups is 1. The normalized spacial score (nSPS) is 14.1. The Labute approximate surface area is 121 Å². The van der Waals surface area contributed by atoms with E-state index >= 15 is 0 Å².